The normalized spacial score (nSPS) is 12.6. The van der Waals surface area contributed by atoms with Gasteiger partial charge in [-0.05, 0) is 53.0 Å². The van der Waals surface area contributed by atoms with Gasteiger partial charge in [0.2, 0.25) is 0 Å². The molecule has 0 bridgehead atoms. The monoisotopic (exact) mass is 323 g/mol. The summed E-state index contributed by atoms with van der Waals surface area (Å²) in [7, 11) is 0. The van der Waals surface area contributed by atoms with Crippen molar-refractivity contribution in [2.45, 2.75) is 25.8 Å². The number of thiophene rings is 1. The van der Waals surface area contributed by atoms with Crippen LogP contribution < -0.4 is 5.32 Å². The Morgan fingerprint density at radius 2 is 1.94 bits per heavy atom. The van der Waals surface area contributed by atoms with Gasteiger partial charge in [0.05, 0.1) is 3.79 Å². The molecule has 0 aliphatic rings. The molecule has 0 spiro atoms. The molecule has 1 heterocycles. The highest BCUT2D eigenvalue weighted by Gasteiger charge is 2.10. The lowest BCUT2D eigenvalue weighted by Crippen LogP contribution is -2.21. The van der Waals surface area contributed by atoms with Gasteiger partial charge in [0.1, 0.15) is 0 Å². The van der Waals surface area contributed by atoms with Crippen molar-refractivity contribution in [2.24, 2.45) is 0 Å². The first-order valence-electron chi connectivity index (χ1n) is 6.32. The first-order chi connectivity index (χ1) is 8.79. The van der Waals surface area contributed by atoms with E-state index < -0.39 is 0 Å². The maximum Gasteiger partial charge on any atom is 0.0701 e. The SMILES string of the molecule is CCNC(CCc1ccc(Br)s1)c1ccccc1. The van der Waals surface area contributed by atoms with Crippen molar-refractivity contribution in [3.63, 3.8) is 0 Å². The molecule has 0 amide bonds. The Hall–Kier alpha value is -0.640. The van der Waals surface area contributed by atoms with Gasteiger partial charge in [-0.1, -0.05) is 37.3 Å². The molecule has 0 saturated carbocycles. The average Bonchev–Trinajstić information content (AvgIpc) is 2.81. The fourth-order valence-electron chi connectivity index (χ4n) is 2.09. The van der Waals surface area contributed by atoms with Gasteiger partial charge < -0.3 is 5.32 Å². The minimum Gasteiger partial charge on any atom is -0.310 e. The molecule has 2 rings (SSSR count). The third kappa shape index (κ3) is 3.94. The average molecular weight is 324 g/mol. The van der Waals surface area contributed by atoms with E-state index in [2.05, 4.69) is 70.6 Å². The molecule has 18 heavy (non-hydrogen) atoms. The molecule has 1 aromatic heterocycles. The lowest BCUT2D eigenvalue weighted by molar-refractivity contribution is 0.517. The second-order valence-electron chi connectivity index (χ2n) is 4.27. The first-order valence-corrected chi connectivity index (χ1v) is 7.93. The van der Waals surface area contributed by atoms with Crippen molar-refractivity contribution in [2.75, 3.05) is 6.54 Å². The van der Waals surface area contributed by atoms with Gasteiger partial charge >= 0.3 is 0 Å². The summed E-state index contributed by atoms with van der Waals surface area (Å²) in [6.07, 6.45) is 2.27. The molecule has 3 heteroatoms. The molecule has 0 aliphatic carbocycles. The van der Waals surface area contributed by atoms with Gasteiger partial charge in [-0.3, -0.25) is 0 Å². The quantitative estimate of drug-likeness (QED) is 0.805. The van der Waals surface area contributed by atoms with E-state index in [0.29, 0.717) is 6.04 Å². The Labute approximate surface area is 121 Å². The molecule has 96 valence electrons. The van der Waals surface area contributed by atoms with E-state index in [0.717, 1.165) is 19.4 Å². The summed E-state index contributed by atoms with van der Waals surface area (Å²) in [6, 6.07) is 15.5. The zero-order chi connectivity index (χ0) is 12.8. The van der Waals surface area contributed by atoms with Crippen molar-refractivity contribution in [3.05, 3.63) is 56.7 Å². The fourth-order valence-corrected chi connectivity index (χ4v) is 3.59. The van der Waals surface area contributed by atoms with E-state index in [9.17, 15) is 0 Å². The van der Waals surface area contributed by atoms with E-state index >= 15 is 0 Å². The Kier molecular flexibility index (Phi) is 5.42. The lowest BCUT2D eigenvalue weighted by Gasteiger charge is -2.17. The van der Waals surface area contributed by atoms with Gasteiger partial charge in [-0.15, -0.1) is 11.3 Å². The van der Waals surface area contributed by atoms with Crippen LogP contribution >= 0.6 is 27.3 Å². The third-order valence-corrected chi connectivity index (χ3v) is 4.64. The van der Waals surface area contributed by atoms with Crippen LogP contribution in [0.25, 0.3) is 0 Å². The Morgan fingerprint density at radius 3 is 2.56 bits per heavy atom. The third-order valence-electron chi connectivity index (χ3n) is 2.96. The number of benzene rings is 1. The van der Waals surface area contributed by atoms with Crippen LogP contribution in [0, 0.1) is 0 Å². The van der Waals surface area contributed by atoms with Crippen molar-refractivity contribution < 1.29 is 0 Å². The number of halogens is 1. The number of hydrogen-bond acceptors (Lipinski definition) is 2. The Morgan fingerprint density at radius 1 is 1.17 bits per heavy atom. The van der Waals surface area contributed by atoms with Crippen LogP contribution in [0.2, 0.25) is 0 Å². The predicted molar refractivity (Wildman–Crippen MR) is 83.2 cm³/mol. The summed E-state index contributed by atoms with van der Waals surface area (Å²) < 4.78 is 1.22. The maximum absolute atomic E-state index is 3.57. The maximum atomic E-state index is 3.57. The van der Waals surface area contributed by atoms with Gasteiger partial charge in [-0.25, -0.2) is 0 Å². The molecular formula is C15H18BrNS. The Balaban J connectivity index is 1.98. The zero-order valence-corrected chi connectivity index (χ0v) is 12.9. The Bertz CT molecular complexity index is 466. The minimum absolute atomic E-state index is 0.456. The largest absolute Gasteiger partial charge is 0.310 e. The summed E-state index contributed by atoms with van der Waals surface area (Å²) >= 11 is 5.35. The fraction of sp³-hybridized carbons (Fsp3) is 0.333. The smallest absolute Gasteiger partial charge is 0.0701 e. The van der Waals surface area contributed by atoms with Gasteiger partial charge in [0.15, 0.2) is 0 Å². The lowest BCUT2D eigenvalue weighted by atomic mass is 10.0. The van der Waals surface area contributed by atoms with Crippen molar-refractivity contribution >= 4 is 27.3 Å². The summed E-state index contributed by atoms with van der Waals surface area (Å²) in [6.45, 7) is 3.17. The number of hydrogen-bond donors (Lipinski definition) is 1. The van der Waals surface area contributed by atoms with Crippen LogP contribution in [0.15, 0.2) is 46.3 Å². The predicted octanol–water partition coefficient (Wildman–Crippen LogP) is 4.79. The van der Waals surface area contributed by atoms with Crippen LogP contribution in [-0.2, 0) is 6.42 Å². The number of aryl methyl sites for hydroxylation is 1. The number of rotatable bonds is 6. The second-order valence-corrected chi connectivity index (χ2v) is 6.81. The van der Waals surface area contributed by atoms with E-state index in [-0.39, 0.29) is 0 Å². The van der Waals surface area contributed by atoms with Crippen LogP contribution in [0.3, 0.4) is 0 Å². The van der Waals surface area contributed by atoms with Gasteiger partial charge in [0, 0.05) is 10.9 Å². The number of nitrogens with one attached hydrogen (secondary N) is 1. The highest BCUT2D eigenvalue weighted by atomic mass is 79.9. The highest BCUT2D eigenvalue weighted by Crippen LogP contribution is 2.26. The summed E-state index contributed by atoms with van der Waals surface area (Å²) in [4.78, 5) is 1.45. The molecule has 1 atom stereocenters. The van der Waals surface area contributed by atoms with Crippen molar-refractivity contribution in [1.82, 2.24) is 5.32 Å². The first kappa shape index (κ1) is 13.8. The standard InChI is InChI=1S/C15H18BrNS/c1-2-17-14(12-6-4-3-5-7-12)10-8-13-9-11-15(16)18-13/h3-7,9,11,14,17H,2,8,10H2,1H3. The van der Waals surface area contributed by atoms with Crippen LogP contribution in [-0.4, -0.2) is 6.54 Å². The molecule has 1 nitrogen and oxygen atoms in total. The topological polar surface area (TPSA) is 12.0 Å². The summed E-state index contributed by atoms with van der Waals surface area (Å²) in [5.41, 5.74) is 1.38. The van der Waals surface area contributed by atoms with Crippen LogP contribution in [0.1, 0.15) is 29.8 Å². The summed E-state index contributed by atoms with van der Waals surface area (Å²) in [5.74, 6) is 0. The van der Waals surface area contributed by atoms with Gasteiger partial charge in [0.25, 0.3) is 0 Å². The molecule has 1 N–H and O–H groups in total. The zero-order valence-electron chi connectivity index (χ0n) is 10.5. The molecule has 1 unspecified atom stereocenters. The van der Waals surface area contributed by atoms with E-state index in [1.54, 1.807) is 0 Å². The molecule has 0 aliphatic heterocycles. The summed E-state index contributed by atoms with van der Waals surface area (Å²) in [5, 5.41) is 3.57. The van der Waals surface area contributed by atoms with Gasteiger partial charge in [-0.2, -0.15) is 0 Å². The van der Waals surface area contributed by atoms with E-state index in [4.69, 9.17) is 0 Å². The molecule has 0 saturated heterocycles. The van der Waals surface area contributed by atoms with E-state index in [1.165, 1.54) is 14.2 Å². The molecular weight excluding hydrogens is 306 g/mol. The minimum atomic E-state index is 0.456. The molecule has 0 radical (unpaired) electrons. The second kappa shape index (κ2) is 7.07. The van der Waals surface area contributed by atoms with Crippen LogP contribution in [0.4, 0.5) is 0 Å². The molecule has 0 fully saturated rings. The molecule has 1 aromatic carbocycles. The van der Waals surface area contributed by atoms with Crippen molar-refractivity contribution in [3.8, 4) is 0 Å². The highest BCUT2D eigenvalue weighted by molar-refractivity contribution is 9.11. The molecule has 2 aromatic rings. The van der Waals surface area contributed by atoms with Crippen LogP contribution in [0.5, 0.6) is 0 Å². The van der Waals surface area contributed by atoms with Crippen molar-refractivity contribution in [1.29, 1.82) is 0 Å². The van der Waals surface area contributed by atoms with E-state index in [1.807, 2.05) is 11.3 Å².